The lowest BCUT2D eigenvalue weighted by Gasteiger charge is -2.08. The molecule has 4 nitrogen and oxygen atoms in total. The van der Waals surface area contributed by atoms with Crippen LogP contribution < -0.4 is 5.56 Å². The monoisotopic (exact) mass is 255 g/mol. The van der Waals surface area contributed by atoms with Gasteiger partial charge in [-0.3, -0.25) is 4.79 Å². The van der Waals surface area contributed by atoms with Gasteiger partial charge >= 0.3 is 0 Å². The first-order valence-corrected chi connectivity index (χ1v) is 7.67. The van der Waals surface area contributed by atoms with E-state index in [1.165, 1.54) is 0 Å². The molecule has 0 saturated heterocycles. The van der Waals surface area contributed by atoms with E-state index in [1.54, 1.807) is 13.0 Å². The van der Waals surface area contributed by atoms with Gasteiger partial charge in [0, 0.05) is 5.69 Å². The second-order valence-electron chi connectivity index (χ2n) is 4.43. The lowest BCUT2D eigenvalue weighted by molar-refractivity contribution is 0.595. The number of hydrogen-bond donors (Lipinski definition) is 1. The smallest absolute Gasteiger partial charge is 0.266 e. The number of aromatic amines is 1. The summed E-state index contributed by atoms with van der Waals surface area (Å²) >= 11 is 0. The summed E-state index contributed by atoms with van der Waals surface area (Å²) in [5.41, 5.74) is 1.45. The molecule has 0 unspecified atom stereocenters. The highest BCUT2D eigenvalue weighted by Gasteiger charge is 2.19. The summed E-state index contributed by atoms with van der Waals surface area (Å²) in [5.74, 6) is -0.0329. The van der Waals surface area contributed by atoms with E-state index in [2.05, 4.69) is 4.98 Å². The number of hydrogen-bond acceptors (Lipinski definition) is 3. The highest BCUT2D eigenvalue weighted by atomic mass is 32.2. The van der Waals surface area contributed by atoms with Crippen LogP contribution in [0.5, 0.6) is 0 Å². The molecule has 0 radical (unpaired) electrons. The van der Waals surface area contributed by atoms with Gasteiger partial charge in [0.2, 0.25) is 0 Å². The van der Waals surface area contributed by atoms with Gasteiger partial charge in [0.15, 0.2) is 9.84 Å². The van der Waals surface area contributed by atoms with Gasteiger partial charge in [-0.2, -0.15) is 0 Å². The van der Waals surface area contributed by atoms with Crippen LogP contribution in [-0.2, 0) is 22.7 Å². The predicted octanol–water partition coefficient (Wildman–Crippen LogP) is 1.44. The molecule has 0 bridgehead atoms. The second-order valence-corrected chi connectivity index (χ2v) is 6.68. The minimum atomic E-state index is -3.42. The number of fused-ring (bicyclic) bond motifs is 1. The van der Waals surface area contributed by atoms with Crippen LogP contribution >= 0.6 is 0 Å². The van der Waals surface area contributed by atoms with E-state index in [9.17, 15) is 13.2 Å². The number of pyridine rings is 1. The van der Waals surface area contributed by atoms with Crippen molar-refractivity contribution in [1.29, 1.82) is 0 Å². The molecule has 0 saturated carbocycles. The first kappa shape index (κ1) is 12.4. The minimum Gasteiger partial charge on any atom is -0.325 e. The third kappa shape index (κ3) is 2.44. The number of sulfone groups is 1. The molecule has 1 N–H and O–H groups in total. The number of aryl methyl sites for hydroxylation is 2. The molecule has 0 amide bonds. The molecule has 5 heteroatoms. The molecule has 0 aliphatic heterocycles. The number of H-pyrrole nitrogens is 1. The summed E-state index contributed by atoms with van der Waals surface area (Å²) in [6.07, 6.45) is 4.95. The van der Waals surface area contributed by atoms with Crippen molar-refractivity contribution in [3.8, 4) is 0 Å². The number of nitrogens with one attached hydrogen (secondary N) is 1. The summed E-state index contributed by atoms with van der Waals surface area (Å²) < 4.78 is 23.5. The quantitative estimate of drug-likeness (QED) is 0.813. The maximum Gasteiger partial charge on any atom is 0.266 e. The van der Waals surface area contributed by atoms with Gasteiger partial charge in [-0.05, 0) is 37.3 Å². The Bertz CT molecular complexity index is 572. The summed E-state index contributed by atoms with van der Waals surface area (Å²) in [6, 6.07) is 1.58. The molecule has 94 valence electrons. The largest absolute Gasteiger partial charge is 0.325 e. The van der Waals surface area contributed by atoms with E-state index in [0.717, 1.165) is 43.4 Å². The minimum absolute atomic E-state index is 0.0329. The van der Waals surface area contributed by atoms with Gasteiger partial charge in [-0.25, -0.2) is 8.42 Å². The fraction of sp³-hybridized carbons (Fsp3) is 0.583. The van der Waals surface area contributed by atoms with Crippen molar-refractivity contribution in [3.63, 3.8) is 0 Å². The molecular weight excluding hydrogens is 238 g/mol. The molecule has 1 aromatic heterocycles. The Hall–Kier alpha value is -1.10. The predicted molar refractivity (Wildman–Crippen MR) is 66.0 cm³/mol. The summed E-state index contributed by atoms with van der Waals surface area (Å²) in [4.78, 5) is 14.4. The lowest BCUT2D eigenvalue weighted by atomic mass is 10.1. The fourth-order valence-electron chi connectivity index (χ4n) is 2.22. The van der Waals surface area contributed by atoms with Crippen molar-refractivity contribution in [2.75, 3.05) is 5.75 Å². The Morgan fingerprint density at radius 3 is 2.65 bits per heavy atom. The molecule has 1 heterocycles. The normalized spacial score (nSPS) is 16.3. The number of rotatable bonds is 2. The Morgan fingerprint density at radius 1 is 1.24 bits per heavy atom. The van der Waals surface area contributed by atoms with Crippen LogP contribution in [0.1, 0.15) is 37.4 Å². The zero-order chi connectivity index (χ0) is 12.5. The zero-order valence-corrected chi connectivity index (χ0v) is 10.8. The standard InChI is InChI=1S/C12H17NO3S/c1-2-17(15,16)11-8-9-6-4-3-5-7-10(9)13-12(11)14/h8H,2-7H2,1H3,(H,13,14). The lowest BCUT2D eigenvalue weighted by Crippen LogP contribution is -2.21. The molecule has 1 aliphatic rings. The molecule has 2 rings (SSSR count). The Labute approximate surface area is 101 Å². The van der Waals surface area contributed by atoms with E-state index in [1.807, 2.05) is 0 Å². The summed E-state index contributed by atoms with van der Waals surface area (Å²) in [7, 11) is -3.42. The van der Waals surface area contributed by atoms with Crippen molar-refractivity contribution in [3.05, 3.63) is 27.7 Å². The molecule has 0 spiro atoms. The van der Waals surface area contributed by atoms with Crippen molar-refractivity contribution < 1.29 is 8.42 Å². The van der Waals surface area contributed by atoms with E-state index in [0.29, 0.717) is 0 Å². The van der Waals surface area contributed by atoms with Crippen molar-refractivity contribution in [2.45, 2.75) is 43.9 Å². The molecule has 0 aromatic carbocycles. The molecular formula is C12H17NO3S. The van der Waals surface area contributed by atoms with Crippen molar-refractivity contribution in [1.82, 2.24) is 4.98 Å². The second kappa shape index (κ2) is 4.64. The topological polar surface area (TPSA) is 67.0 Å². The fourth-order valence-corrected chi connectivity index (χ4v) is 3.18. The Balaban J connectivity index is 2.58. The zero-order valence-electron chi connectivity index (χ0n) is 9.95. The van der Waals surface area contributed by atoms with Crippen LogP contribution in [0.3, 0.4) is 0 Å². The molecule has 1 aliphatic carbocycles. The van der Waals surface area contributed by atoms with E-state index >= 15 is 0 Å². The van der Waals surface area contributed by atoms with Crippen LogP contribution in [0, 0.1) is 0 Å². The van der Waals surface area contributed by atoms with E-state index < -0.39 is 15.4 Å². The summed E-state index contributed by atoms with van der Waals surface area (Å²) in [6.45, 7) is 1.56. The van der Waals surface area contributed by atoms with Gasteiger partial charge in [-0.1, -0.05) is 13.3 Å². The van der Waals surface area contributed by atoms with Gasteiger partial charge in [0.1, 0.15) is 4.90 Å². The van der Waals surface area contributed by atoms with E-state index in [4.69, 9.17) is 0 Å². The van der Waals surface area contributed by atoms with Gasteiger partial charge in [0.25, 0.3) is 5.56 Å². The molecule has 0 fully saturated rings. The Morgan fingerprint density at radius 2 is 1.94 bits per heavy atom. The molecule has 0 atom stereocenters. The van der Waals surface area contributed by atoms with Gasteiger partial charge < -0.3 is 4.98 Å². The van der Waals surface area contributed by atoms with Crippen LogP contribution in [-0.4, -0.2) is 19.2 Å². The highest BCUT2D eigenvalue weighted by Crippen LogP contribution is 2.19. The Kier molecular flexibility index (Phi) is 3.38. The number of aromatic nitrogens is 1. The van der Waals surface area contributed by atoms with E-state index in [-0.39, 0.29) is 10.6 Å². The van der Waals surface area contributed by atoms with Gasteiger partial charge in [0.05, 0.1) is 5.75 Å². The first-order chi connectivity index (χ1) is 8.04. The third-order valence-corrected chi connectivity index (χ3v) is 5.00. The summed E-state index contributed by atoms with van der Waals surface area (Å²) in [5, 5.41) is 0. The van der Waals surface area contributed by atoms with Crippen molar-refractivity contribution >= 4 is 9.84 Å². The average Bonchev–Trinajstić information content (AvgIpc) is 2.52. The highest BCUT2D eigenvalue weighted by molar-refractivity contribution is 7.91. The van der Waals surface area contributed by atoms with Gasteiger partial charge in [-0.15, -0.1) is 0 Å². The molecule has 17 heavy (non-hydrogen) atoms. The maximum absolute atomic E-state index is 11.8. The SMILES string of the molecule is CCS(=O)(=O)c1cc2c([nH]c1=O)CCCCC2. The van der Waals surface area contributed by atoms with Crippen molar-refractivity contribution in [2.24, 2.45) is 0 Å². The maximum atomic E-state index is 11.8. The first-order valence-electron chi connectivity index (χ1n) is 6.02. The average molecular weight is 255 g/mol. The third-order valence-electron chi connectivity index (χ3n) is 3.27. The van der Waals surface area contributed by atoms with Crippen LogP contribution in [0.15, 0.2) is 15.8 Å². The van der Waals surface area contributed by atoms with Crippen LogP contribution in [0.2, 0.25) is 0 Å². The molecule has 1 aromatic rings. The van der Waals surface area contributed by atoms with Crippen LogP contribution in [0.4, 0.5) is 0 Å². The van der Waals surface area contributed by atoms with Crippen LogP contribution in [0.25, 0.3) is 0 Å².